The molecule has 0 saturated carbocycles. The monoisotopic (exact) mass is 84.1 g/mol. The van der Waals surface area contributed by atoms with Crippen LogP contribution in [0.2, 0.25) is 0 Å². The lowest BCUT2D eigenvalue weighted by molar-refractivity contribution is 0.456. The average molecular weight is 84.1 g/mol. The lowest BCUT2D eigenvalue weighted by atomic mass is 10.6. The Balaban J connectivity index is 2.81. The first kappa shape index (κ1) is 5.70. The SMILES string of the molecule is [CH-]=CCN(C)C. The zero-order chi connectivity index (χ0) is 4.99. The Labute approximate surface area is 39.3 Å². The molecular formula is C5H10N-. The normalized spacial score (nSPS) is 9.17. The van der Waals surface area contributed by atoms with E-state index in [1.807, 2.05) is 19.0 Å². The summed E-state index contributed by atoms with van der Waals surface area (Å²) in [5.74, 6) is 0. The fraction of sp³-hybridized carbons (Fsp3) is 0.600. The molecule has 6 heavy (non-hydrogen) atoms. The Bertz CT molecular complexity index is 39.2. The highest BCUT2D eigenvalue weighted by atomic mass is 15.0. The Kier molecular flexibility index (Phi) is 2.77. The first-order valence-corrected chi connectivity index (χ1v) is 1.95. The van der Waals surface area contributed by atoms with Crippen LogP contribution in [0.15, 0.2) is 6.08 Å². The molecule has 0 spiro atoms. The predicted octanol–water partition coefficient (Wildman–Crippen LogP) is 0.537. The van der Waals surface area contributed by atoms with Gasteiger partial charge in [-0.15, -0.1) is 0 Å². The van der Waals surface area contributed by atoms with Crippen molar-refractivity contribution in [3.8, 4) is 0 Å². The quantitative estimate of drug-likeness (QED) is 0.441. The number of likely N-dealkylation sites (N-methyl/N-ethyl adjacent to an activating group) is 1. The molecule has 0 bridgehead atoms. The number of hydrogen-bond donors (Lipinski definition) is 0. The minimum Gasteiger partial charge on any atom is -0.517 e. The van der Waals surface area contributed by atoms with Gasteiger partial charge in [-0.2, -0.15) is 0 Å². The fourth-order valence-corrected chi connectivity index (χ4v) is 0.211. The fourth-order valence-electron chi connectivity index (χ4n) is 0.211. The third-order valence-electron chi connectivity index (χ3n) is 0.471. The zero-order valence-corrected chi connectivity index (χ0v) is 4.31. The molecule has 0 aromatic rings. The van der Waals surface area contributed by atoms with E-state index in [4.69, 9.17) is 6.58 Å². The summed E-state index contributed by atoms with van der Waals surface area (Å²) in [6, 6.07) is 0. The number of hydrogen-bond acceptors (Lipinski definition) is 1. The molecule has 0 radical (unpaired) electrons. The van der Waals surface area contributed by atoms with Gasteiger partial charge in [-0.25, -0.2) is 0 Å². The molecule has 0 saturated heterocycles. The molecule has 0 unspecified atom stereocenters. The Morgan fingerprint density at radius 2 is 2.17 bits per heavy atom. The van der Waals surface area contributed by atoms with Crippen LogP contribution in [0.4, 0.5) is 0 Å². The molecule has 0 atom stereocenters. The van der Waals surface area contributed by atoms with Crippen LogP contribution >= 0.6 is 0 Å². The maximum absolute atomic E-state index is 5.06. The van der Waals surface area contributed by atoms with Crippen LogP contribution in [0.5, 0.6) is 0 Å². The third-order valence-corrected chi connectivity index (χ3v) is 0.471. The van der Waals surface area contributed by atoms with Gasteiger partial charge in [-0.3, -0.25) is 6.08 Å². The number of rotatable bonds is 2. The van der Waals surface area contributed by atoms with Crippen LogP contribution in [-0.2, 0) is 0 Å². The number of nitrogens with zero attached hydrogens (tertiary/aromatic N) is 1. The van der Waals surface area contributed by atoms with Gasteiger partial charge in [0, 0.05) is 0 Å². The summed E-state index contributed by atoms with van der Waals surface area (Å²) in [6.07, 6.45) is 1.62. The molecule has 0 heterocycles. The maximum atomic E-state index is 5.06. The highest BCUT2D eigenvalue weighted by Crippen LogP contribution is 1.68. The first-order valence-electron chi connectivity index (χ1n) is 1.95. The summed E-state index contributed by atoms with van der Waals surface area (Å²) < 4.78 is 0. The van der Waals surface area contributed by atoms with E-state index in [-0.39, 0.29) is 0 Å². The van der Waals surface area contributed by atoms with Gasteiger partial charge in [0.25, 0.3) is 0 Å². The molecule has 36 valence electrons. The van der Waals surface area contributed by atoms with Crippen molar-refractivity contribution in [2.24, 2.45) is 0 Å². The summed E-state index contributed by atoms with van der Waals surface area (Å²) in [6.45, 7) is 5.92. The largest absolute Gasteiger partial charge is 0.517 e. The lowest BCUT2D eigenvalue weighted by Crippen LogP contribution is -2.09. The highest BCUT2D eigenvalue weighted by molar-refractivity contribution is 4.64. The molecule has 1 heteroatoms. The molecule has 0 N–H and O–H groups in total. The van der Waals surface area contributed by atoms with Crippen LogP contribution in [0.25, 0.3) is 0 Å². The molecule has 0 amide bonds. The van der Waals surface area contributed by atoms with Crippen molar-refractivity contribution in [1.82, 2.24) is 4.90 Å². The minimum atomic E-state index is 0.861. The molecule has 1 nitrogen and oxygen atoms in total. The molecular weight excluding hydrogens is 74.1 g/mol. The van der Waals surface area contributed by atoms with Crippen LogP contribution in [0, 0.1) is 6.58 Å². The summed E-state index contributed by atoms with van der Waals surface area (Å²) in [4.78, 5) is 2.00. The first-order chi connectivity index (χ1) is 2.77. The Hall–Kier alpha value is -0.300. The van der Waals surface area contributed by atoms with E-state index in [2.05, 4.69) is 0 Å². The second-order valence-electron chi connectivity index (χ2n) is 1.50. The van der Waals surface area contributed by atoms with Gasteiger partial charge in [0.2, 0.25) is 0 Å². The molecule has 0 aliphatic heterocycles. The predicted molar refractivity (Wildman–Crippen MR) is 27.4 cm³/mol. The van der Waals surface area contributed by atoms with E-state index < -0.39 is 0 Å². The Morgan fingerprint density at radius 1 is 1.67 bits per heavy atom. The van der Waals surface area contributed by atoms with E-state index in [0.717, 1.165) is 6.54 Å². The summed E-state index contributed by atoms with van der Waals surface area (Å²) in [5, 5.41) is 0. The summed E-state index contributed by atoms with van der Waals surface area (Å²) >= 11 is 0. The van der Waals surface area contributed by atoms with Crippen LogP contribution < -0.4 is 0 Å². The molecule has 0 rings (SSSR count). The van der Waals surface area contributed by atoms with Gasteiger partial charge in [0.1, 0.15) is 0 Å². The van der Waals surface area contributed by atoms with Crippen molar-refractivity contribution in [2.45, 2.75) is 0 Å². The van der Waals surface area contributed by atoms with E-state index >= 15 is 0 Å². The second-order valence-corrected chi connectivity index (χ2v) is 1.50. The topological polar surface area (TPSA) is 3.24 Å². The zero-order valence-electron chi connectivity index (χ0n) is 4.31. The molecule has 0 fully saturated rings. The van der Waals surface area contributed by atoms with Crippen molar-refractivity contribution in [1.29, 1.82) is 0 Å². The van der Waals surface area contributed by atoms with E-state index in [1.165, 1.54) is 0 Å². The van der Waals surface area contributed by atoms with Crippen molar-refractivity contribution < 1.29 is 0 Å². The van der Waals surface area contributed by atoms with Crippen molar-refractivity contribution in [2.75, 3.05) is 20.6 Å². The highest BCUT2D eigenvalue weighted by Gasteiger charge is 1.72. The van der Waals surface area contributed by atoms with E-state index in [1.54, 1.807) is 6.08 Å². The van der Waals surface area contributed by atoms with Crippen molar-refractivity contribution >= 4 is 0 Å². The van der Waals surface area contributed by atoms with Crippen LogP contribution in [0.3, 0.4) is 0 Å². The average Bonchev–Trinajstić information content (AvgIpc) is 1.35. The molecule has 0 aliphatic carbocycles. The van der Waals surface area contributed by atoms with E-state index in [0.29, 0.717) is 0 Å². The van der Waals surface area contributed by atoms with Crippen molar-refractivity contribution in [3.05, 3.63) is 12.7 Å². The molecule has 0 aromatic carbocycles. The summed E-state index contributed by atoms with van der Waals surface area (Å²) in [7, 11) is 3.95. The van der Waals surface area contributed by atoms with Gasteiger partial charge < -0.3 is 11.5 Å². The van der Waals surface area contributed by atoms with Crippen LogP contribution in [-0.4, -0.2) is 25.5 Å². The standard InChI is InChI=1S/C5H10N/c1-4-5-6(2)3/h1,4H,5H2,2-3H3/q-1. The van der Waals surface area contributed by atoms with Gasteiger partial charge in [0.05, 0.1) is 0 Å². The Morgan fingerprint density at radius 3 is 2.17 bits per heavy atom. The van der Waals surface area contributed by atoms with E-state index in [9.17, 15) is 0 Å². The van der Waals surface area contributed by atoms with Gasteiger partial charge in [-0.05, 0) is 20.6 Å². The van der Waals surface area contributed by atoms with Gasteiger partial charge >= 0.3 is 0 Å². The van der Waals surface area contributed by atoms with Gasteiger partial charge in [-0.1, -0.05) is 0 Å². The smallest absolute Gasteiger partial charge is 0.0135 e. The van der Waals surface area contributed by atoms with Crippen LogP contribution in [0.1, 0.15) is 0 Å². The third kappa shape index (κ3) is 3.70. The molecule has 0 aromatic heterocycles. The maximum Gasteiger partial charge on any atom is -0.0135 e. The molecule has 0 aliphatic rings. The summed E-state index contributed by atoms with van der Waals surface area (Å²) in [5.41, 5.74) is 0. The second kappa shape index (κ2) is 2.91. The minimum absolute atomic E-state index is 0.861. The lowest BCUT2D eigenvalue weighted by Gasteiger charge is -2.04. The van der Waals surface area contributed by atoms with Gasteiger partial charge in [0.15, 0.2) is 0 Å². The van der Waals surface area contributed by atoms with Crippen molar-refractivity contribution in [3.63, 3.8) is 0 Å².